The van der Waals surface area contributed by atoms with Crippen molar-refractivity contribution >= 4 is 34.9 Å². The van der Waals surface area contributed by atoms with Crippen molar-refractivity contribution in [2.45, 2.75) is 39.5 Å². The first-order valence-corrected chi connectivity index (χ1v) is 12.3. The van der Waals surface area contributed by atoms with Crippen LogP contribution in [0.3, 0.4) is 0 Å². The molecule has 0 bridgehead atoms. The van der Waals surface area contributed by atoms with E-state index in [0.29, 0.717) is 5.69 Å². The minimum absolute atomic E-state index is 0.00300. The molecule has 1 aliphatic heterocycles. The number of aromatic hydroxyl groups is 2. The van der Waals surface area contributed by atoms with Crippen LogP contribution in [-0.2, 0) is 24.5 Å². The Bertz CT molecular complexity index is 1570. The zero-order chi connectivity index (χ0) is 29.5. The van der Waals surface area contributed by atoms with Gasteiger partial charge in [-0.2, -0.15) is 0 Å². The standard InChI is InChI=1S/C29H28N2O9/c1-13-24(35)22(15(3)32)26-23(25(13)36)29(4)19(40-26)12-18(33)21(27(29)37)14(2)30-10-9-20(34)31-17-8-6-7-16(11-17)28(38)39-5/h6-8,11-12,30,35-36H,9-10H2,1-5H3,(H,31,34). The van der Waals surface area contributed by atoms with E-state index in [1.165, 1.54) is 40.9 Å². The van der Waals surface area contributed by atoms with Crippen LogP contribution in [0.1, 0.15) is 59.0 Å². The van der Waals surface area contributed by atoms with Gasteiger partial charge >= 0.3 is 5.97 Å². The molecule has 1 unspecified atom stereocenters. The lowest BCUT2D eigenvalue weighted by atomic mass is 9.70. The minimum Gasteiger partial charge on any atom is -0.507 e. The molecular formula is C29H28N2O9. The van der Waals surface area contributed by atoms with E-state index in [4.69, 9.17) is 4.74 Å². The summed E-state index contributed by atoms with van der Waals surface area (Å²) in [4.78, 5) is 63.3. The number of nitrogens with one attached hydrogen (secondary N) is 2. The lowest BCUT2D eigenvalue weighted by Gasteiger charge is -2.29. The molecule has 2 aromatic carbocycles. The maximum atomic E-state index is 13.8. The van der Waals surface area contributed by atoms with E-state index >= 15 is 0 Å². The lowest BCUT2D eigenvalue weighted by molar-refractivity contribution is -0.123. The molecule has 4 rings (SSSR count). The Balaban J connectivity index is 1.56. The number of fused-ring (bicyclic) bond motifs is 3. The van der Waals surface area contributed by atoms with E-state index < -0.39 is 40.2 Å². The molecule has 1 aliphatic carbocycles. The first-order chi connectivity index (χ1) is 18.8. The van der Waals surface area contributed by atoms with Crippen LogP contribution < -0.4 is 15.4 Å². The molecule has 1 amide bonds. The van der Waals surface area contributed by atoms with Crippen LogP contribution in [0.15, 0.2) is 47.4 Å². The van der Waals surface area contributed by atoms with Crippen LogP contribution in [0.25, 0.3) is 0 Å². The van der Waals surface area contributed by atoms with Gasteiger partial charge in [-0.15, -0.1) is 0 Å². The second kappa shape index (κ2) is 10.3. The number of ether oxygens (including phenoxy) is 2. The van der Waals surface area contributed by atoms with Crippen molar-refractivity contribution in [3.05, 3.63) is 69.6 Å². The van der Waals surface area contributed by atoms with E-state index in [1.807, 2.05) is 0 Å². The van der Waals surface area contributed by atoms with Crippen molar-refractivity contribution in [2.24, 2.45) is 0 Å². The monoisotopic (exact) mass is 548 g/mol. The third kappa shape index (κ3) is 4.49. The van der Waals surface area contributed by atoms with Gasteiger partial charge in [-0.3, -0.25) is 19.2 Å². The second-order valence-electron chi connectivity index (χ2n) is 9.68. The van der Waals surface area contributed by atoms with E-state index in [1.54, 1.807) is 18.2 Å². The van der Waals surface area contributed by atoms with E-state index in [9.17, 15) is 34.2 Å². The molecule has 40 heavy (non-hydrogen) atoms. The van der Waals surface area contributed by atoms with Crippen LogP contribution in [0.5, 0.6) is 17.2 Å². The van der Waals surface area contributed by atoms with Crippen molar-refractivity contribution in [2.75, 3.05) is 19.0 Å². The zero-order valence-electron chi connectivity index (χ0n) is 22.6. The van der Waals surface area contributed by atoms with Crippen molar-refractivity contribution in [1.29, 1.82) is 0 Å². The fraction of sp³-hybridized carbons (Fsp3) is 0.276. The number of phenols is 2. The zero-order valence-corrected chi connectivity index (χ0v) is 22.6. The highest BCUT2D eigenvalue weighted by molar-refractivity contribution is 6.31. The van der Waals surface area contributed by atoms with Gasteiger partial charge in [-0.1, -0.05) is 6.07 Å². The molecule has 4 N–H and O–H groups in total. The van der Waals surface area contributed by atoms with E-state index in [2.05, 4.69) is 15.4 Å². The van der Waals surface area contributed by atoms with Crippen LogP contribution >= 0.6 is 0 Å². The smallest absolute Gasteiger partial charge is 0.337 e. The number of allylic oxidation sites excluding steroid dienone is 4. The quantitative estimate of drug-likeness (QED) is 0.175. The fourth-order valence-electron chi connectivity index (χ4n) is 4.88. The van der Waals surface area contributed by atoms with Gasteiger partial charge in [0.15, 0.2) is 17.3 Å². The van der Waals surface area contributed by atoms with Gasteiger partial charge in [0.1, 0.15) is 34.0 Å². The van der Waals surface area contributed by atoms with Crippen LogP contribution in [0.4, 0.5) is 5.69 Å². The first-order valence-electron chi connectivity index (χ1n) is 12.3. The first kappa shape index (κ1) is 28.1. The summed E-state index contributed by atoms with van der Waals surface area (Å²) in [6, 6.07) is 6.24. The molecule has 0 spiro atoms. The molecule has 2 aromatic rings. The van der Waals surface area contributed by atoms with E-state index in [0.717, 1.165) is 6.08 Å². The number of hydrogen-bond acceptors (Lipinski definition) is 10. The number of Topliss-reactive ketones (excluding diaryl/α,β-unsaturated/α-hetero) is 2. The number of ketones is 3. The highest BCUT2D eigenvalue weighted by atomic mass is 16.5. The van der Waals surface area contributed by atoms with Crippen LogP contribution in [0, 0.1) is 6.92 Å². The summed E-state index contributed by atoms with van der Waals surface area (Å²) >= 11 is 0. The number of hydrogen-bond donors (Lipinski definition) is 4. The summed E-state index contributed by atoms with van der Waals surface area (Å²) in [7, 11) is 1.26. The molecule has 2 aliphatic rings. The van der Waals surface area contributed by atoms with Gasteiger partial charge in [0.2, 0.25) is 5.91 Å². The Labute approximate surface area is 229 Å². The number of amides is 1. The SMILES string of the molecule is COC(=O)c1cccc(NC(=O)CCNC(C)=C2C(=O)C=C3Oc4c(C(C)=O)c(O)c(C)c(O)c4C3(C)C2=O)c1. The Hall–Kier alpha value is -4.93. The third-order valence-corrected chi connectivity index (χ3v) is 7.07. The normalized spacial score (nSPS) is 18.7. The average Bonchev–Trinajstić information content (AvgIpc) is 3.19. The topological polar surface area (TPSA) is 168 Å². The van der Waals surface area contributed by atoms with Gasteiger partial charge in [-0.05, 0) is 45.9 Å². The molecule has 0 saturated heterocycles. The van der Waals surface area contributed by atoms with Gasteiger partial charge in [-0.25, -0.2) is 4.79 Å². The molecular weight excluding hydrogens is 520 g/mol. The molecule has 0 aromatic heterocycles. The summed E-state index contributed by atoms with van der Waals surface area (Å²) in [6.07, 6.45) is 1.10. The number of methoxy groups -OCH3 is 1. The van der Waals surface area contributed by atoms with Crippen molar-refractivity contribution in [3.8, 4) is 17.2 Å². The molecule has 0 radical (unpaired) electrons. The highest BCUT2D eigenvalue weighted by Gasteiger charge is 2.56. The van der Waals surface area contributed by atoms with Crippen molar-refractivity contribution in [3.63, 3.8) is 0 Å². The van der Waals surface area contributed by atoms with Gasteiger partial charge in [0.25, 0.3) is 0 Å². The van der Waals surface area contributed by atoms with Gasteiger partial charge in [0.05, 0.1) is 23.8 Å². The number of rotatable bonds is 7. The summed E-state index contributed by atoms with van der Waals surface area (Å²) in [5.74, 6) is -3.88. The van der Waals surface area contributed by atoms with Gasteiger partial charge in [0, 0.05) is 36.0 Å². The minimum atomic E-state index is -1.63. The highest BCUT2D eigenvalue weighted by Crippen LogP contribution is 2.57. The molecule has 208 valence electrons. The largest absolute Gasteiger partial charge is 0.507 e. The number of phenolic OH excluding ortho intramolecular Hbond substituents is 2. The molecule has 0 saturated carbocycles. The lowest BCUT2D eigenvalue weighted by Crippen LogP contribution is -2.41. The molecule has 1 atom stereocenters. The number of carbonyl (C=O) groups is 5. The summed E-state index contributed by atoms with van der Waals surface area (Å²) in [5.41, 5.74) is -1.12. The second-order valence-corrected chi connectivity index (χ2v) is 9.68. The average molecular weight is 549 g/mol. The molecule has 11 nitrogen and oxygen atoms in total. The fourth-order valence-corrected chi connectivity index (χ4v) is 4.88. The third-order valence-electron chi connectivity index (χ3n) is 7.07. The Morgan fingerprint density at radius 2 is 1.80 bits per heavy atom. The Kier molecular flexibility index (Phi) is 7.25. The maximum Gasteiger partial charge on any atom is 0.337 e. The maximum absolute atomic E-state index is 13.8. The van der Waals surface area contributed by atoms with Crippen LogP contribution in [-0.4, -0.2) is 53.1 Å². The van der Waals surface area contributed by atoms with Crippen LogP contribution in [0.2, 0.25) is 0 Å². The molecule has 11 heteroatoms. The number of esters is 1. The van der Waals surface area contributed by atoms with Gasteiger partial charge < -0.3 is 30.3 Å². The summed E-state index contributed by atoms with van der Waals surface area (Å²) < 4.78 is 10.4. The van der Waals surface area contributed by atoms with Crippen molar-refractivity contribution < 1.29 is 43.7 Å². The Morgan fingerprint density at radius 3 is 2.45 bits per heavy atom. The summed E-state index contributed by atoms with van der Waals surface area (Å²) in [5, 5.41) is 27.0. The summed E-state index contributed by atoms with van der Waals surface area (Å²) in [6.45, 7) is 5.69. The Morgan fingerprint density at radius 1 is 1.10 bits per heavy atom. The molecule has 1 heterocycles. The predicted octanol–water partition coefficient (Wildman–Crippen LogP) is 2.97. The van der Waals surface area contributed by atoms with E-state index in [-0.39, 0.29) is 63.9 Å². The predicted molar refractivity (Wildman–Crippen MR) is 142 cm³/mol. The number of anilines is 1. The molecule has 0 fully saturated rings. The number of carbonyl (C=O) groups excluding carboxylic acids is 5. The van der Waals surface area contributed by atoms with Crippen molar-refractivity contribution in [1.82, 2.24) is 5.32 Å². The number of benzene rings is 2.